The number of benzene rings is 1. The molecule has 0 saturated carbocycles. The van der Waals surface area contributed by atoms with E-state index in [1.165, 1.54) is 42.8 Å². The molecule has 0 amide bonds. The first-order valence-electron chi connectivity index (χ1n) is 6.65. The Bertz CT molecular complexity index is 545. The molecule has 2 aromatic rings. The fraction of sp³-hybridized carbons (Fsp3) is 0.400. The SMILES string of the molecule is Clc1cccc(-c2cnc3n2CCCCCC3)c1. The van der Waals surface area contributed by atoms with Gasteiger partial charge in [-0.25, -0.2) is 4.98 Å². The molecular formula is C15H17ClN2. The summed E-state index contributed by atoms with van der Waals surface area (Å²) in [5.41, 5.74) is 2.37. The Morgan fingerprint density at radius 3 is 2.89 bits per heavy atom. The number of fused-ring (bicyclic) bond motifs is 1. The fourth-order valence-corrected chi connectivity index (χ4v) is 2.84. The molecule has 1 aromatic heterocycles. The quantitative estimate of drug-likeness (QED) is 0.747. The monoisotopic (exact) mass is 260 g/mol. The van der Waals surface area contributed by atoms with Crippen molar-refractivity contribution in [3.05, 3.63) is 41.3 Å². The van der Waals surface area contributed by atoms with Crippen molar-refractivity contribution in [1.82, 2.24) is 9.55 Å². The van der Waals surface area contributed by atoms with Crippen LogP contribution in [0.3, 0.4) is 0 Å². The second-order valence-corrected chi connectivity index (χ2v) is 5.32. The van der Waals surface area contributed by atoms with Crippen molar-refractivity contribution in [1.29, 1.82) is 0 Å². The van der Waals surface area contributed by atoms with Gasteiger partial charge in [0.05, 0.1) is 11.9 Å². The van der Waals surface area contributed by atoms with Crippen molar-refractivity contribution in [3.63, 3.8) is 0 Å². The zero-order valence-corrected chi connectivity index (χ0v) is 11.2. The Kier molecular flexibility index (Phi) is 3.37. The minimum absolute atomic E-state index is 0.786. The van der Waals surface area contributed by atoms with E-state index < -0.39 is 0 Å². The van der Waals surface area contributed by atoms with Crippen LogP contribution in [0.4, 0.5) is 0 Å². The fourth-order valence-electron chi connectivity index (χ4n) is 2.65. The molecule has 1 aliphatic heterocycles. The third kappa shape index (κ3) is 2.30. The molecule has 1 aliphatic rings. The summed E-state index contributed by atoms with van der Waals surface area (Å²) in [5, 5.41) is 0.786. The van der Waals surface area contributed by atoms with Crippen molar-refractivity contribution < 1.29 is 0 Å². The van der Waals surface area contributed by atoms with Gasteiger partial charge in [-0.2, -0.15) is 0 Å². The molecule has 0 N–H and O–H groups in total. The molecule has 0 radical (unpaired) electrons. The van der Waals surface area contributed by atoms with Crippen LogP contribution in [0.25, 0.3) is 11.3 Å². The van der Waals surface area contributed by atoms with Crippen molar-refractivity contribution in [3.8, 4) is 11.3 Å². The topological polar surface area (TPSA) is 17.8 Å². The van der Waals surface area contributed by atoms with Gasteiger partial charge in [-0.15, -0.1) is 0 Å². The maximum absolute atomic E-state index is 6.07. The Morgan fingerprint density at radius 2 is 2.00 bits per heavy atom. The number of hydrogen-bond acceptors (Lipinski definition) is 1. The maximum Gasteiger partial charge on any atom is 0.109 e. The van der Waals surface area contributed by atoms with Crippen LogP contribution in [0.5, 0.6) is 0 Å². The standard InChI is InChI=1S/C15H17ClN2/c16-13-7-5-6-12(10-13)14-11-17-15-8-3-1-2-4-9-18(14)15/h5-7,10-11H,1-4,8-9H2. The number of halogens is 1. The van der Waals surface area contributed by atoms with E-state index >= 15 is 0 Å². The van der Waals surface area contributed by atoms with Crippen LogP contribution in [-0.4, -0.2) is 9.55 Å². The second kappa shape index (κ2) is 5.15. The van der Waals surface area contributed by atoms with Crippen molar-refractivity contribution >= 4 is 11.6 Å². The first kappa shape index (κ1) is 11.8. The Morgan fingerprint density at radius 1 is 1.11 bits per heavy atom. The van der Waals surface area contributed by atoms with Gasteiger partial charge < -0.3 is 4.57 Å². The highest BCUT2D eigenvalue weighted by atomic mass is 35.5. The molecule has 2 nitrogen and oxygen atoms in total. The lowest BCUT2D eigenvalue weighted by atomic mass is 10.1. The summed E-state index contributed by atoms with van der Waals surface area (Å²) in [5.74, 6) is 1.23. The van der Waals surface area contributed by atoms with E-state index in [2.05, 4.69) is 15.6 Å². The Labute approximate surface area is 113 Å². The number of aryl methyl sites for hydroxylation is 1. The molecule has 0 unspecified atom stereocenters. The predicted molar refractivity (Wildman–Crippen MR) is 74.8 cm³/mol. The molecule has 18 heavy (non-hydrogen) atoms. The van der Waals surface area contributed by atoms with E-state index in [1.807, 2.05) is 24.4 Å². The summed E-state index contributed by atoms with van der Waals surface area (Å²) in [7, 11) is 0. The molecule has 2 heterocycles. The summed E-state index contributed by atoms with van der Waals surface area (Å²) >= 11 is 6.07. The third-order valence-electron chi connectivity index (χ3n) is 3.59. The highest BCUT2D eigenvalue weighted by Gasteiger charge is 2.13. The van der Waals surface area contributed by atoms with E-state index in [1.54, 1.807) is 0 Å². The molecule has 1 aromatic carbocycles. The van der Waals surface area contributed by atoms with Crippen molar-refractivity contribution in [2.45, 2.75) is 38.6 Å². The molecule has 0 atom stereocenters. The first-order chi connectivity index (χ1) is 8.84. The summed E-state index contributed by atoms with van der Waals surface area (Å²) in [6.45, 7) is 1.08. The molecule has 3 heteroatoms. The number of aromatic nitrogens is 2. The van der Waals surface area contributed by atoms with Gasteiger partial charge in [0.2, 0.25) is 0 Å². The van der Waals surface area contributed by atoms with Crippen LogP contribution in [0.2, 0.25) is 5.02 Å². The van der Waals surface area contributed by atoms with E-state index in [0.717, 1.165) is 18.0 Å². The molecule has 94 valence electrons. The molecule has 0 spiro atoms. The lowest BCUT2D eigenvalue weighted by Gasteiger charge is -2.15. The minimum atomic E-state index is 0.786. The summed E-state index contributed by atoms with van der Waals surface area (Å²) in [6, 6.07) is 8.04. The van der Waals surface area contributed by atoms with E-state index in [-0.39, 0.29) is 0 Å². The second-order valence-electron chi connectivity index (χ2n) is 4.89. The normalized spacial score (nSPS) is 15.8. The van der Waals surface area contributed by atoms with Crippen LogP contribution in [-0.2, 0) is 13.0 Å². The zero-order chi connectivity index (χ0) is 12.4. The third-order valence-corrected chi connectivity index (χ3v) is 3.83. The van der Waals surface area contributed by atoms with E-state index in [0.29, 0.717) is 0 Å². The number of hydrogen-bond donors (Lipinski definition) is 0. The maximum atomic E-state index is 6.07. The molecule has 0 fully saturated rings. The Hall–Kier alpha value is -1.28. The molecule has 0 saturated heterocycles. The summed E-state index contributed by atoms with van der Waals surface area (Å²) in [6.07, 6.45) is 8.25. The van der Waals surface area contributed by atoms with Gasteiger partial charge in [-0.05, 0) is 25.0 Å². The van der Waals surface area contributed by atoms with Crippen LogP contribution in [0.1, 0.15) is 31.5 Å². The van der Waals surface area contributed by atoms with Gasteiger partial charge in [0.25, 0.3) is 0 Å². The smallest absolute Gasteiger partial charge is 0.109 e. The number of nitrogens with zero attached hydrogens (tertiary/aromatic N) is 2. The highest BCUT2D eigenvalue weighted by Crippen LogP contribution is 2.26. The lowest BCUT2D eigenvalue weighted by molar-refractivity contribution is 0.518. The zero-order valence-electron chi connectivity index (χ0n) is 10.4. The van der Waals surface area contributed by atoms with Crippen LogP contribution >= 0.6 is 11.6 Å². The summed E-state index contributed by atoms with van der Waals surface area (Å²) in [4.78, 5) is 4.58. The van der Waals surface area contributed by atoms with Gasteiger partial charge in [0, 0.05) is 23.6 Å². The van der Waals surface area contributed by atoms with Crippen molar-refractivity contribution in [2.24, 2.45) is 0 Å². The number of imidazole rings is 1. The van der Waals surface area contributed by atoms with Gasteiger partial charge in [-0.1, -0.05) is 36.6 Å². The first-order valence-corrected chi connectivity index (χ1v) is 7.03. The minimum Gasteiger partial charge on any atom is -0.328 e. The highest BCUT2D eigenvalue weighted by molar-refractivity contribution is 6.30. The van der Waals surface area contributed by atoms with Gasteiger partial charge in [-0.3, -0.25) is 0 Å². The van der Waals surface area contributed by atoms with E-state index in [9.17, 15) is 0 Å². The average Bonchev–Trinajstić information content (AvgIpc) is 2.71. The summed E-state index contributed by atoms with van der Waals surface area (Å²) < 4.78 is 2.37. The molecular weight excluding hydrogens is 244 g/mol. The van der Waals surface area contributed by atoms with Crippen molar-refractivity contribution in [2.75, 3.05) is 0 Å². The van der Waals surface area contributed by atoms with E-state index in [4.69, 9.17) is 11.6 Å². The molecule has 0 bridgehead atoms. The van der Waals surface area contributed by atoms with Gasteiger partial charge >= 0.3 is 0 Å². The largest absolute Gasteiger partial charge is 0.328 e. The lowest BCUT2D eigenvalue weighted by Crippen LogP contribution is -2.08. The average molecular weight is 261 g/mol. The van der Waals surface area contributed by atoms with Crippen LogP contribution in [0, 0.1) is 0 Å². The molecule has 0 aliphatic carbocycles. The molecule has 3 rings (SSSR count). The van der Waals surface area contributed by atoms with Crippen LogP contribution < -0.4 is 0 Å². The Balaban J connectivity index is 2.02. The van der Waals surface area contributed by atoms with Gasteiger partial charge in [0.1, 0.15) is 5.82 Å². The number of rotatable bonds is 1. The predicted octanol–water partition coefficient (Wildman–Crippen LogP) is 4.32. The van der Waals surface area contributed by atoms with Crippen LogP contribution in [0.15, 0.2) is 30.5 Å². The van der Waals surface area contributed by atoms with Gasteiger partial charge in [0.15, 0.2) is 0 Å².